The van der Waals surface area contributed by atoms with E-state index in [1.165, 1.54) is 0 Å². The van der Waals surface area contributed by atoms with Gasteiger partial charge in [-0.15, -0.1) is 0 Å². The van der Waals surface area contributed by atoms with E-state index in [1.807, 2.05) is 38.1 Å². The molecule has 1 aromatic carbocycles. The van der Waals surface area contributed by atoms with Gasteiger partial charge in [0.25, 0.3) is 0 Å². The van der Waals surface area contributed by atoms with Crippen LogP contribution in [-0.4, -0.2) is 19.3 Å². The van der Waals surface area contributed by atoms with E-state index in [4.69, 9.17) is 4.74 Å². The molecule has 0 aliphatic rings. The van der Waals surface area contributed by atoms with Gasteiger partial charge in [-0.1, -0.05) is 18.2 Å². The van der Waals surface area contributed by atoms with Crippen molar-refractivity contribution in [2.45, 2.75) is 45.3 Å². The van der Waals surface area contributed by atoms with Gasteiger partial charge in [0.05, 0.1) is 6.61 Å². The van der Waals surface area contributed by atoms with Crippen molar-refractivity contribution in [3.05, 3.63) is 29.8 Å². The summed E-state index contributed by atoms with van der Waals surface area (Å²) in [5.41, 5.74) is 1.03. The number of hydrogen-bond donors (Lipinski definition) is 1. The zero-order chi connectivity index (χ0) is 15.0. The molecule has 0 fully saturated rings. The Labute approximate surface area is 118 Å². The fourth-order valence-electron chi connectivity index (χ4n) is 2.00. The molecule has 0 bridgehead atoms. The molecule has 0 aliphatic heterocycles. The Bertz CT molecular complexity index is 393. The van der Waals surface area contributed by atoms with Gasteiger partial charge in [0.15, 0.2) is 0 Å². The van der Waals surface area contributed by atoms with Gasteiger partial charge in [0.2, 0.25) is 0 Å². The van der Waals surface area contributed by atoms with Crippen LogP contribution in [0.4, 0.5) is 13.2 Å². The highest BCUT2D eigenvalue weighted by atomic mass is 19.4. The fourth-order valence-corrected chi connectivity index (χ4v) is 2.00. The van der Waals surface area contributed by atoms with Crippen LogP contribution in [0, 0.1) is 0 Å². The molecule has 1 aromatic rings. The predicted octanol–water partition coefficient (Wildman–Crippen LogP) is 4.47. The van der Waals surface area contributed by atoms with Crippen LogP contribution in [0.15, 0.2) is 24.3 Å². The molecule has 0 aromatic heterocycles. The van der Waals surface area contributed by atoms with E-state index < -0.39 is 12.6 Å². The molecule has 2 nitrogen and oxygen atoms in total. The molecule has 0 saturated heterocycles. The lowest BCUT2D eigenvalue weighted by atomic mass is 10.1. The molecule has 0 aliphatic carbocycles. The maximum absolute atomic E-state index is 12.0. The summed E-state index contributed by atoms with van der Waals surface area (Å²) in [6.45, 7) is 5.07. The van der Waals surface area contributed by atoms with Gasteiger partial charge in [0, 0.05) is 18.0 Å². The van der Waals surface area contributed by atoms with E-state index in [0.29, 0.717) is 19.6 Å². The van der Waals surface area contributed by atoms with Crippen molar-refractivity contribution in [3.63, 3.8) is 0 Å². The van der Waals surface area contributed by atoms with Gasteiger partial charge in [-0.25, -0.2) is 0 Å². The summed E-state index contributed by atoms with van der Waals surface area (Å²) in [6.07, 6.45) is -4.08. The molecule has 0 heterocycles. The van der Waals surface area contributed by atoms with Crippen molar-refractivity contribution < 1.29 is 17.9 Å². The fraction of sp³-hybridized carbons (Fsp3) is 0.600. The lowest BCUT2D eigenvalue weighted by molar-refractivity contribution is -0.135. The standard InChI is InChI=1S/C15H22F3NO/c1-3-20-14-9-5-4-8-13(14)12(2)19-11-7-6-10-15(16,17)18/h4-5,8-9,12,19H,3,6-7,10-11H2,1-2H3. The normalized spacial score (nSPS) is 13.2. The first-order chi connectivity index (χ1) is 9.44. The molecule has 5 heteroatoms. The minimum atomic E-state index is -4.05. The van der Waals surface area contributed by atoms with Crippen molar-refractivity contribution in [2.24, 2.45) is 0 Å². The Morgan fingerprint density at radius 1 is 1.20 bits per heavy atom. The molecule has 1 N–H and O–H groups in total. The van der Waals surface area contributed by atoms with Crippen LogP contribution in [0.3, 0.4) is 0 Å². The van der Waals surface area contributed by atoms with Crippen LogP contribution in [0.1, 0.15) is 44.7 Å². The molecule has 20 heavy (non-hydrogen) atoms. The third-order valence-corrected chi connectivity index (χ3v) is 3.02. The van der Waals surface area contributed by atoms with Crippen molar-refractivity contribution in [1.29, 1.82) is 0 Å². The smallest absolute Gasteiger partial charge is 0.389 e. The quantitative estimate of drug-likeness (QED) is 0.713. The maximum Gasteiger partial charge on any atom is 0.389 e. The number of unbranched alkanes of at least 4 members (excludes halogenated alkanes) is 1. The number of benzene rings is 1. The van der Waals surface area contributed by atoms with Gasteiger partial charge in [-0.2, -0.15) is 13.2 Å². The average Bonchev–Trinajstić information content (AvgIpc) is 2.38. The number of halogens is 3. The first kappa shape index (κ1) is 16.8. The number of rotatable bonds is 8. The summed E-state index contributed by atoms with van der Waals surface area (Å²) in [7, 11) is 0. The summed E-state index contributed by atoms with van der Waals surface area (Å²) in [6, 6.07) is 7.77. The molecular weight excluding hydrogens is 267 g/mol. The molecule has 0 radical (unpaired) electrons. The van der Waals surface area contributed by atoms with Crippen LogP contribution in [0.25, 0.3) is 0 Å². The maximum atomic E-state index is 12.0. The third kappa shape index (κ3) is 6.28. The highest BCUT2D eigenvalue weighted by molar-refractivity contribution is 5.35. The molecule has 0 spiro atoms. The Morgan fingerprint density at radius 2 is 1.90 bits per heavy atom. The van der Waals surface area contributed by atoms with Crippen LogP contribution in [-0.2, 0) is 0 Å². The topological polar surface area (TPSA) is 21.3 Å². The van der Waals surface area contributed by atoms with Crippen molar-refractivity contribution in [1.82, 2.24) is 5.32 Å². The van der Waals surface area contributed by atoms with Crippen LogP contribution < -0.4 is 10.1 Å². The SMILES string of the molecule is CCOc1ccccc1C(C)NCCCCC(F)(F)F. The number of alkyl halides is 3. The van der Waals surface area contributed by atoms with Gasteiger partial charge in [-0.05, 0) is 39.3 Å². The second-order valence-corrected chi connectivity index (χ2v) is 4.72. The minimum absolute atomic E-state index is 0.0589. The van der Waals surface area contributed by atoms with Crippen LogP contribution in [0.2, 0.25) is 0 Å². The molecule has 1 rings (SSSR count). The lowest BCUT2D eigenvalue weighted by Crippen LogP contribution is -2.21. The summed E-state index contributed by atoms with van der Waals surface area (Å²) in [5.74, 6) is 0.824. The van der Waals surface area contributed by atoms with E-state index >= 15 is 0 Å². The Balaban J connectivity index is 2.37. The predicted molar refractivity (Wildman–Crippen MR) is 73.9 cm³/mol. The summed E-state index contributed by atoms with van der Waals surface area (Å²) >= 11 is 0. The Morgan fingerprint density at radius 3 is 2.55 bits per heavy atom. The van der Waals surface area contributed by atoms with Crippen molar-refractivity contribution in [2.75, 3.05) is 13.2 Å². The van der Waals surface area contributed by atoms with Gasteiger partial charge in [-0.3, -0.25) is 0 Å². The summed E-state index contributed by atoms with van der Waals surface area (Å²) in [5, 5.41) is 3.24. The lowest BCUT2D eigenvalue weighted by Gasteiger charge is -2.18. The number of hydrogen-bond acceptors (Lipinski definition) is 2. The van der Waals surface area contributed by atoms with E-state index in [1.54, 1.807) is 0 Å². The average molecular weight is 289 g/mol. The highest BCUT2D eigenvalue weighted by Crippen LogP contribution is 2.25. The Hall–Kier alpha value is -1.23. The zero-order valence-corrected chi connectivity index (χ0v) is 12.0. The van der Waals surface area contributed by atoms with Crippen molar-refractivity contribution >= 4 is 0 Å². The second-order valence-electron chi connectivity index (χ2n) is 4.72. The van der Waals surface area contributed by atoms with Crippen LogP contribution in [0.5, 0.6) is 5.75 Å². The van der Waals surface area contributed by atoms with Gasteiger partial charge >= 0.3 is 6.18 Å². The summed E-state index contributed by atoms with van der Waals surface area (Å²) in [4.78, 5) is 0. The molecule has 1 atom stereocenters. The van der Waals surface area contributed by atoms with Crippen molar-refractivity contribution in [3.8, 4) is 5.75 Å². The van der Waals surface area contributed by atoms with E-state index in [-0.39, 0.29) is 12.5 Å². The minimum Gasteiger partial charge on any atom is -0.494 e. The first-order valence-corrected chi connectivity index (χ1v) is 6.96. The molecule has 114 valence electrons. The zero-order valence-electron chi connectivity index (χ0n) is 12.0. The number of nitrogens with one attached hydrogen (secondary N) is 1. The molecule has 0 amide bonds. The summed E-state index contributed by atoms with van der Waals surface area (Å²) < 4.78 is 41.6. The number of para-hydroxylation sites is 1. The third-order valence-electron chi connectivity index (χ3n) is 3.02. The Kier molecular flexibility index (Phi) is 6.85. The highest BCUT2D eigenvalue weighted by Gasteiger charge is 2.25. The van der Waals surface area contributed by atoms with Gasteiger partial charge in [0.1, 0.15) is 5.75 Å². The van der Waals surface area contributed by atoms with Gasteiger partial charge < -0.3 is 10.1 Å². The monoisotopic (exact) mass is 289 g/mol. The van der Waals surface area contributed by atoms with E-state index in [9.17, 15) is 13.2 Å². The van der Waals surface area contributed by atoms with E-state index in [2.05, 4.69) is 5.32 Å². The van der Waals surface area contributed by atoms with E-state index in [0.717, 1.165) is 11.3 Å². The molecule has 0 saturated carbocycles. The van der Waals surface area contributed by atoms with Crippen LogP contribution >= 0.6 is 0 Å². The first-order valence-electron chi connectivity index (χ1n) is 6.96. The molecule has 1 unspecified atom stereocenters. The number of ether oxygens (including phenoxy) is 1. The molecular formula is C15H22F3NO. The second kappa shape index (κ2) is 8.15. The largest absolute Gasteiger partial charge is 0.494 e.